The molecule has 37 heavy (non-hydrogen) atoms. The van der Waals surface area contributed by atoms with Gasteiger partial charge in [0, 0.05) is 29.8 Å². The third-order valence-electron chi connectivity index (χ3n) is 6.87. The number of tetrazole rings is 1. The zero-order chi connectivity index (χ0) is 25.8. The zero-order valence-corrected chi connectivity index (χ0v) is 21.6. The van der Waals surface area contributed by atoms with Gasteiger partial charge in [0.05, 0.1) is 6.10 Å². The van der Waals surface area contributed by atoms with Gasteiger partial charge in [-0.3, -0.25) is 9.59 Å². The van der Waals surface area contributed by atoms with Crippen LogP contribution in [0.3, 0.4) is 0 Å². The molecule has 2 amide bonds. The molecule has 2 aliphatic rings. The number of aromatic nitrogens is 4. The number of halogens is 1. The van der Waals surface area contributed by atoms with Crippen LogP contribution in [0.15, 0.2) is 40.8 Å². The molecule has 0 unspecified atom stereocenters. The molecule has 1 aliphatic heterocycles. The van der Waals surface area contributed by atoms with E-state index in [9.17, 15) is 9.59 Å². The Morgan fingerprint density at radius 2 is 1.92 bits per heavy atom. The highest BCUT2D eigenvalue weighted by atomic mass is 35.5. The first-order valence-electron chi connectivity index (χ1n) is 12.8. The smallest absolute Gasteiger partial charge is 0.250 e. The lowest BCUT2D eigenvalue weighted by Gasteiger charge is -2.32. The summed E-state index contributed by atoms with van der Waals surface area (Å²) in [6.45, 7) is 2.54. The maximum absolute atomic E-state index is 13.8. The second kappa shape index (κ2) is 11.4. The molecule has 10 nitrogen and oxygen atoms in total. The number of aryl methyl sites for hydroxylation is 1. The molecule has 5 rings (SSSR count). The Labute approximate surface area is 220 Å². The van der Waals surface area contributed by atoms with Crippen molar-refractivity contribution in [3.8, 4) is 11.4 Å². The van der Waals surface area contributed by atoms with Crippen LogP contribution in [0.2, 0.25) is 5.02 Å². The van der Waals surface area contributed by atoms with Crippen LogP contribution in [-0.4, -0.2) is 62.2 Å². The quantitative estimate of drug-likeness (QED) is 0.452. The highest BCUT2D eigenvalue weighted by molar-refractivity contribution is 6.30. The Morgan fingerprint density at radius 1 is 1.14 bits per heavy atom. The van der Waals surface area contributed by atoms with Gasteiger partial charge in [0.1, 0.15) is 18.1 Å². The Morgan fingerprint density at radius 3 is 2.59 bits per heavy atom. The number of hydrogen-bond donors (Lipinski definition) is 1. The van der Waals surface area contributed by atoms with Gasteiger partial charge in [-0.05, 0) is 74.2 Å². The molecule has 2 fully saturated rings. The summed E-state index contributed by atoms with van der Waals surface area (Å²) in [5.41, 5.74) is 0.735. The van der Waals surface area contributed by atoms with Crippen molar-refractivity contribution in [1.29, 1.82) is 0 Å². The van der Waals surface area contributed by atoms with E-state index in [0.717, 1.165) is 44.1 Å². The van der Waals surface area contributed by atoms with Gasteiger partial charge >= 0.3 is 0 Å². The average molecular weight is 527 g/mol. The van der Waals surface area contributed by atoms with Gasteiger partial charge in [-0.15, -0.1) is 10.2 Å². The van der Waals surface area contributed by atoms with E-state index in [1.807, 2.05) is 6.92 Å². The summed E-state index contributed by atoms with van der Waals surface area (Å²) >= 11 is 5.98. The van der Waals surface area contributed by atoms with Crippen molar-refractivity contribution in [2.45, 2.75) is 70.2 Å². The molecule has 1 aliphatic carbocycles. The van der Waals surface area contributed by atoms with Gasteiger partial charge in [-0.25, -0.2) is 0 Å². The fourth-order valence-corrected chi connectivity index (χ4v) is 5.10. The Kier molecular flexibility index (Phi) is 7.85. The van der Waals surface area contributed by atoms with Crippen LogP contribution in [0.25, 0.3) is 11.4 Å². The van der Waals surface area contributed by atoms with Crippen LogP contribution in [0.1, 0.15) is 56.1 Å². The number of carbonyl (C=O) groups excluding carboxylic acids is 2. The van der Waals surface area contributed by atoms with Crippen molar-refractivity contribution in [1.82, 2.24) is 30.4 Å². The number of nitrogens with one attached hydrogen (secondary N) is 1. The zero-order valence-electron chi connectivity index (χ0n) is 20.8. The van der Waals surface area contributed by atoms with Crippen molar-refractivity contribution in [2.75, 3.05) is 13.2 Å². The predicted molar refractivity (Wildman–Crippen MR) is 136 cm³/mol. The SMILES string of the molecule is Cc1ccc([C@H](C(=O)NC2CCCC2)N(C[C@H]2CCCO2)C(=O)Cn2nnc(-c3ccc(Cl)cc3)n2)o1. The highest BCUT2D eigenvalue weighted by Gasteiger charge is 2.37. The molecule has 2 aromatic heterocycles. The first-order valence-corrected chi connectivity index (χ1v) is 13.2. The molecule has 196 valence electrons. The number of carbonyl (C=O) groups is 2. The number of ether oxygens (including phenoxy) is 1. The normalized spacial score (nSPS) is 18.7. The third-order valence-corrected chi connectivity index (χ3v) is 7.12. The number of amides is 2. The Hall–Kier alpha value is -3.24. The molecule has 1 saturated heterocycles. The minimum absolute atomic E-state index is 0.102. The first-order chi connectivity index (χ1) is 18.0. The van der Waals surface area contributed by atoms with E-state index < -0.39 is 6.04 Å². The van der Waals surface area contributed by atoms with E-state index in [1.54, 1.807) is 41.3 Å². The largest absolute Gasteiger partial charge is 0.464 e. The van der Waals surface area contributed by atoms with Crippen LogP contribution >= 0.6 is 11.6 Å². The van der Waals surface area contributed by atoms with Gasteiger partial charge in [0.15, 0.2) is 6.04 Å². The Bertz CT molecular complexity index is 1210. The number of benzene rings is 1. The Balaban J connectivity index is 1.40. The summed E-state index contributed by atoms with van der Waals surface area (Å²) in [6.07, 6.45) is 5.62. The second-order valence-electron chi connectivity index (χ2n) is 9.67. The lowest BCUT2D eigenvalue weighted by molar-refractivity contribution is -0.144. The van der Waals surface area contributed by atoms with Crippen LogP contribution in [0, 0.1) is 6.92 Å². The molecule has 2 atom stereocenters. The minimum Gasteiger partial charge on any atom is -0.464 e. The molecule has 1 N–H and O–H groups in total. The molecule has 0 radical (unpaired) electrons. The third kappa shape index (κ3) is 6.19. The van der Waals surface area contributed by atoms with Crippen molar-refractivity contribution >= 4 is 23.4 Å². The van der Waals surface area contributed by atoms with Crippen molar-refractivity contribution in [2.24, 2.45) is 0 Å². The van der Waals surface area contributed by atoms with Gasteiger partial charge < -0.3 is 19.4 Å². The molecule has 0 bridgehead atoms. The standard InChI is InChI=1S/C26H31ClN6O4/c1-17-8-13-22(37-17)24(26(35)28-20-5-2-3-6-20)32(15-21-7-4-14-36-21)23(34)16-33-30-25(29-31-33)18-9-11-19(27)12-10-18/h8-13,20-21,24H,2-7,14-16H2,1H3,(H,28,35)/t21-,24-/m1/s1. The lowest BCUT2D eigenvalue weighted by atomic mass is 10.1. The number of nitrogens with zero attached hydrogens (tertiary/aromatic N) is 5. The maximum Gasteiger partial charge on any atom is 0.250 e. The molecular weight excluding hydrogens is 496 g/mol. The summed E-state index contributed by atoms with van der Waals surface area (Å²) in [5.74, 6) is 0.904. The average Bonchev–Trinajstić information content (AvgIpc) is 3.69. The van der Waals surface area contributed by atoms with E-state index >= 15 is 0 Å². The van der Waals surface area contributed by atoms with Crippen LogP contribution in [0.5, 0.6) is 0 Å². The van der Waals surface area contributed by atoms with Gasteiger partial charge in [-0.1, -0.05) is 24.4 Å². The van der Waals surface area contributed by atoms with Crippen LogP contribution in [0.4, 0.5) is 0 Å². The second-order valence-corrected chi connectivity index (χ2v) is 10.1. The molecule has 1 saturated carbocycles. The highest BCUT2D eigenvalue weighted by Crippen LogP contribution is 2.28. The van der Waals surface area contributed by atoms with E-state index in [1.165, 1.54) is 4.80 Å². The maximum atomic E-state index is 13.8. The monoisotopic (exact) mass is 526 g/mol. The topological polar surface area (TPSA) is 115 Å². The summed E-state index contributed by atoms with van der Waals surface area (Å²) in [7, 11) is 0. The van der Waals surface area contributed by atoms with E-state index in [0.29, 0.717) is 29.0 Å². The minimum atomic E-state index is -0.926. The fourth-order valence-electron chi connectivity index (χ4n) is 4.97. The summed E-state index contributed by atoms with van der Waals surface area (Å²) in [4.78, 5) is 30.2. The van der Waals surface area contributed by atoms with E-state index in [4.69, 9.17) is 20.8 Å². The predicted octanol–water partition coefficient (Wildman–Crippen LogP) is 3.70. The van der Waals surface area contributed by atoms with Crippen molar-refractivity contribution in [3.63, 3.8) is 0 Å². The molecule has 3 aromatic rings. The summed E-state index contributed by atoms with van der Waals surface area (Å²) in [6, 6.07) is 9.80. The van der Waals surface area contributed by atoms with Gasteiger partial charge in [0.25, 0.3) is 5.91 Å². The molecule has 11 heteroatoms. The van der Waals surface area contributed by atoms with Crippen molar-refractivity contribution < 1.29 is 18.7 Å². The fraction of sp³-hybridized carbons (Fsp3) is 0.500. The van der Waals surface area contributed by atoms with Crippen LogP contribution < -0.4 is 5.32 Å². The molecule has 0 spiro atoms. The molecule has 1 aromatic carbocycles. The lowest BCUT2D eigenvalue weighted by Crippen LogP contribution is -2.49. The number of furan rings is 1. The first kappa shape index (κ1) is 25.4. The van der Waals surface area contributed by atoms with Crippen molar-refractivity contribution in [3.05, 3.63) is 52.9 Å². The molecule has 3 heterocycles. The number of rotatable bonds is 9. The van der Waals surface area contributed by atoms with Crippen LogP contribution in [-0.2, 0) is 20.9 Å². The van der Waals surface area contributed by atoms with E-state index in [2.05, 4.69) is 20.7 Å². The van der Waals surface area contributed by atoms with Gasteiger partial charge in [0.2, 0.25) is 11.7 Å². The summed E-state index contributed by atoms with van der Waals surface area (Å²) < 4.78 is 11.7. The molecular formula is C26H31ClN6O4. The summed E-state index contributed by atoms with van der Waals surface area (Å²) in [5, 5.41) is 16.3. The van der Waals surface area contributed by atoms with E-state index in [-0.39, 0.29) is 37.0 Å². The van der Waals surface area contributed by atoms with Gasteiger partial charge in [-0.2, -0.15) is 4.80 Å². The number of hydrogen-bond acceptors (Lipinski definition) is 7.